The molecule has 0 bridgehead atoms. The summed E-state index contributed by atoms with van der Waals surface area (Å²) in [4.78, 5) is 43.1. The Hall–Kier alpha value is -4.72. The molecule has 0 radical (unpaired) electrons. The summed E-state index contributed by atoms with van der Waals surface area (Å²) < 4.78 is 0. The van der Waals surface area contributed by atoms with Gasteiger partial charge in [0.25, 0.3) is 0 Å². The average molecular weight is 496 g/mol. The fourth-order valence-corrected chi connectivity index (χ4v) is 3.99. The molecule has 1 aromatic heterocycles. The fraction of sp³-hybridized carbons (Fsp3) is 0.172. The van der Waals surface area contributed by atoms with Gasteiger partial charge < -0.3 is 21.4 Å². The number of carbonyl (C=O) groups is 3. The number of rotatable bonds is 11. The number of primary amides is 1. The molecule has 0 fully saturated rings. The van der Waals surface area contributed by atoms with Gasteiger partial charge in [-0.2, -0.15) is 0 Å². The van der Waals surface area contributed by atoms with Crippen LogP contribution in [0.2, 0.25) is 0 Å². The number of aromatic nitrogens is 2. The van der Waals surface area contributed by atoms with Crippen LogP contribution in [0.1, 0.15) is 17.7 Å². The number of nitrogens with one attached hydrogen (secondary N) is 3. The highest BCUT2D eigenvalue weighted by molar-refractivity contribution is 5.90. The van der Waals surface area contributed by atoms with Gasteiger partial charge in [0.1, 0.15) is 6.04 Å². The highest BCUT2D eigenvalue weighted by atomic mass is 16.2. The summed E-state index contributed by atoms with van der Waals surface area (Å²) in [5.41, 5.74) is 11.3. The third-order valence-corrected chi connectivity index (χ3v) is 5.98. The predicted octanol–water partition coefficient (Wildman–Crippen LogP) is 3.01. The van der Waals surface area contributed by atoms with Gasteiger partial charge >= 0.3 is 0 Å². The Labute approximate surface area is 215 Å². The van der Waals surface area contributed by atoms with Crippen LogP contribution in [-0.2, 0) is 27.2 Å². The number of aryl methyl sites for hydroxylation is 1. The molecule has 8 nitrogen and oxygen atoms in total. The second-order valence-corrected chi connectivity index (χ2v) is 8.71. The molecule has 5 N–H and O–H groups in total. The van der Waals surface area contributed by atoms with Crippen LogP contribution in [-0.4, -0.2) is 40.3 Å². The van der Waals surface area contributed by atoms with Crippen LogP contribution in [0.4, 0.5) is 0 Å². The molecule has 1 heterocycles. The maximum Gasteiger partial charge on any atom is 0.243 e. The highest BCUT2D eigenvalue weighted by Gasteiger charge is 2.22. The van der Waals surface area contributed by atoms with Crippen molar-refractivity contribution in [1.82, 2.24) is 20.6 Å². The van der Waals surface area contributed by atoms with E-state index in [0.29, 0.717) is 12.1 Å². The number of benzene rings is 3. The lowest BCUT2D eigenvalue weighted by molar-refractivity contribution is -0.130. The zero-order chi connectivity index (χ0) is 26.0. The van der Waals surface area contributed by atoms with E-state index in [4.69, 9.17) is 5.73 Å². The van der Waals surface area contributed by atoms with Crippen molar-refractivity contribution in [2.45, 2.75) is 25.3 Å². The van der Waals surface area contributed by atoms with Crippen LogP contribution >= 0.6 is 0 Å². The summed E-state index contributed by atoms with van der Waals surface area (Å²) in [5, 5.41) is 5.19. The van der Waals surface area contributed by atoms with Gasteiger partial charge in [-0.3, -0.25) is 14.4 Å². The Morgan fingerprint density at radius 3 is 2.00 bits per heavy atom. The van der Waals surface area contributed by atoms with Crippen LogP contribution in [0.15, 0.2) is 91.4 Å². The zero-order valence-electron chi connectivity index (χ0n) is 20.3. The van der Waals surface area contributed by atoms with Crippen molar-refractivity contribution < 1.29 is 14.4 Å². The molecular formula is C29H29N5O3. The van der Waals surface area contributed by atoms with Crippen molar-refractivity contribution in [3.63, 3.8) is 0 Å². The van der Waals surface area contributed by atoms with Gasteiger partial charge in [-0.25, -0.2) is 4.98 Å². The number of hydrogen-bond acceptors (Lipinski definition) is 4. The molecule has 0 unspecified atom stereocenters. The molecule has 0 aliphatic heterocycles. The lowest BCUT2D eigenvalue weighted by Gasteiger charge is -2.17. The molecule has 4 aromatic rings. The topological polar surface area (TPSA) is 130 Å². The van der Waals surface area contributed by atoms with Gasteiger partial charge in [0, 0.05) is 19.0 Å². The first-order valence-corrected chi connectivity index (χ1v) is 12.1. The number of nitrogens with two attached hydrogens (primary N) is 1. The molecule has 0 saturated carbocycles. The van der Waals surface area contributed by atoms with E-state index in [1.807, 2.05) is 42.5 Å². The number of nitrogens with zero attached hydrogens (tertiary/aromatic N) is 1. The maximum absolute atomic E-state index is 12.6. The summed E-state index contributed by atoms with van der Waals surface area (Å²) in [6.07, 6.45) is 4.08. The number of amides is 3. The second-order valence-electron chi connectivity index (χ2n) is 8.71. The minimum Gasteiger partial charge on any atom is -0.368 e. The third kappa shape index (κ3) is 7.38. The lowest BCUT2D eigenvalue weighted by atomic mass is 9.99. The fourth-order valence-electron chi connectivity index (χ4n) is 3.99. The van der Waals surface area contributed by atoms with Crippen LogP contribution < -0.4 is 16.4 Å². The van der Waals surface area contributed by atoms with E-state index >= 15 is 0 Å². The van der Waals surface area contributed by atoms with Gasteiger partial charge in [-0.05, 0) is 34.2 Å². The molecule has 0 saturated heterocycles. The Balaban J connectivity index is 1.32. The van der Waals surface area contributed by atoms with Crippen LogP contribution in [0, 0.1) is 0 Å². The molecule has 8 heteroatoms. The van der Waals surface area contributed by atoms with Gasteiger partial charge in [0.15, 0.2) is 0 Å². The standard InChI is InChI=1S/C29H29N5O3/c30-27(35)18-32-29(37)26(16-25-17-31-19-33-25)34-28(36)15-8-20-6-9-22(10-7-20)24-13-11-23(12-14-24)21-4-2-1-3-5-21/h1-7,9-14,17,19,26H,8,15-16,18H2,(H2,30,35)(H,31,33)(H,32,37)(H,34,36)/t26-/m0/s1. The van der Waals surface area contributed by atoms with Gasteiger partial charge in [0.05, 0.1) is 18.6 Å². The molecule has 1 atom stereocenters. The minimum atomic E-state index is -0.864. The maximum atomic E-state index is 12.6. The normalized spacial score (nSPS) is 11.5. The van der Waals surface area contributed by atoms with Crippen LogP contribution in [0.25, 0.3) is 22.3 Å². The third-order valence-electron chi connectivity index (χ3n) is 5.98. The summed E-state index contributed by atoms with van der Waals surface area (Å²) in [7, 11) is 0. The van der Waals surface area contributed by atoms with Crippen molar-refractivity contribution in [3.05, 3.63) is 103 Å². The molecular weight excluding hydrogens is 466 g/mol. The second kappa shape index (κ2) is 12.3. The molecule has 3 amide bonds. The minimum absolute atomic E-state index is 0.192. The average Bonchev–Trinajstić information content (AvgIpc) is 3.44. The summed E-state index contributed by atoms with van der Waals surface area (Å²) in [5.74, 6) is -1.41. The first-order chi connectivity index (χ1) is 18.0. The number of hydrogen-bond donors (Lipinski definition) is 4. The van der Waals surface area contributed by atoms with E-state index < -0.39 is 17.9 Å². The monoisotopic (exact) mass is 495 g/mol. The molecule has 0 aliphatic carbocycles. The van der Waals surface area contributed by atoms with Crippen LogP contribution in [0.5, 0.6) is 0 Å². The Kier molecular flexibility index (Phi) is 8.44. The SMILES string of the molecule is NC(=O)CNC(=O)[C@H](Cc1c[nH]cn1)NC(=O)CCc1ccc(-c2ccc(-c3ccccc3)cc2)cc1. The zero-order valence-corrected chi connectivity index (χ0v) is 20.3. The number of aromatic amines is 1. The number of H-pyrrole nitrogens is 1. The van der Waals surface area contributed by atoms with Crippen molar-refractivity contribution in [1.29, 1.82) is 0 Å². The number of imidazole rings is 1. The van der Waals surface area contributed by atoms with E-state index in [1.54, 1.807) is 6.20 Å². The van der Waals surface area contributed by atoms with Crippen LogP contribution in [0.3, 0.4) is 0 Å². The van der Waals surface area contributed by atoms with E-state index in [1.165, 1.54) is 17.5 Å². The van der Waals surface area contributed by atoms with E-state index in [9.17, 15) is 14.4 Å². The predicted molar refractivity (Wildman–Crippen MR) is 142 cm³/mol. The van der Waals surface area contributed by atoms with Crippen molar-refractivity contribution >= 4 is 17.7 Å². The first-order valence-electron chi connectivity index (χ1n) is 12.1. The summed E-state index contributed by atoms with van der Waals surface area (Å²) in [6, 6.07) is 25.9. The summed E-state index contributed by atoms with van der Waals surface area (Å²) in [6.45, 7) is -0.299. The Bertz CT molecular complexity index is 1320. The highest BCUT2D eigenvalue weighted by Crippen LogP contribution is 2.25. The Morgan fingerprint density at radius 1 is 0.838 bits per heavy atom. The molecule has 188 valence electrons. The van der Waals surface area contributed by atoms with Gasteiger partial charge in [-0.1, -0.05) is 78.9 Å². The van der Waals surface area contributed by atoms with Crippen molar-refractivity contribution in [3.8, 4) is 22.3 Å². The first kappa shape index (κ1) is 25.4. The summed E-state index contributed by atoms with van der Waals surface area (Å²) >= 11 is 0. The van der Waals surface area contributed by atoms with Gasteiger partial charge in [0.2, 0.25) is 17.7 Å². The Morgan fingerprint density at radius 2 is 1.43 bits per heavy atom. The van der Waals surface area contributed by atoms with E-state index in [2.05, 4.69) is 57.0 Å². The van der Waals surface area contributed by atoms with Crippen molar-refractivity contribution in [2.75, 3.05) is 6.54 Å². The molecule has 37 heavy (non-hydrogen) atoms. The molecule has 4 rings (SSSR count). The largest absolute Gasteiger partial charge is 0.368 e. The smallest absolute Gasteiger partial charge is 0.243 e. The molecule has 0 spiro atoms. The van der Waals surface area contributed by atoms with E-state index in [0.717, 1.165) is 16.7 Å². The van der Waals surface area contributed by atoms with Gasteiger partial charge in [-0.15, -0.1) is 0 Å². The number of carbonyl (C=O) groups excluding carboxylic acids is 3. The van der Waals surface area contributed by atoms with E-state index in [-0.39, 0.29) is 25.3 Å². The molecule has 0 aliphatic rings. The lowest BCUT2D eigenvalue weighted by Crippen LogP contribution is -2.49. The molecule has 3 aromatic carbocycles. The van der Waals surface area contributed by atoms with Crippen molar-refractivity contribution in [2.24, 2.45) is 5.73 Å². The quantitative estimate of drug-likeness (QED) is 0.255.